The van der Waals surface area contributed by atoms with Crippen molar-refractivity contribution in [1.82, 2.24) is 0 Å². The minimum Gasteiger partial charge on any atom is -0.365 e. The monoisotopic (exact) mass is 258 g/mol. The number of anilines is 1. The molecule has 0 amide bonds. The molecule has 4 heteroatoms. The molecule has 1 aliphatic heterocycles. The highest BCUT2D eigenvalue weighted by Gasteiger charge is 2.39. The quantitative estimate of drug-likeness (QED) is 0.838. The zero-order valence-electron chi connectivity index (χ0n) is 9.50. The van der Waals surface area contributed by atoms with Gasteiger partial charge in [-0.05, 0) is 38.5 Å². The van der Waals surface area contributed by atoms with Gasteiger partial charge in [-0.15, -0.1) is 0 Å². The van der Waals surface area contributed by atoms with Gasteiger partial charge in [0.2, 0.25) is 0 Å². The van der Waals surface area contributed by atoms with Crippen molar-refractivity contribution in [2.75, 3.05) is 11.4 Å². The fraction of sp³-hybridized carbons (Fsp3) is 0.500. The molecule has 1 unspecified atom stereocenters. The number of hydrogen-bond acceptors (Lipinski definition) is 2. The third-order valence-electron chi connectivity index (χ3n) is 3.48. The van der Waals surface area contributed by atoms with Crippen LogP contribution >= 0.6 is 23.2 Å². The minimum atomic E-state index is -0.0306. The van der Waals surface area contributed by atoms with E-state index in [1.807, 2.05) is 18.2 Å². The molecule has 0 radical (unpaired) electrons. The number of halogens is 2. The Labute approximate surface area is 106 Å². The molecule has 0 bridgehead atoms. The number of nitrogens with zero attached hydrogens (tertiary/aromatic N) is 1. The zero-order valence-corrected chi connectivity index (χ0v) is 11.0. The van der Waals surface area contributed by atoms with Crippen molar-refractivity contribution in [2.45, 2.75) is 31.8 Å². The molecular weight excluding hydrogens is 243 g/mol. The second kappa shape index (κ2) is 4.10. The third-order valence-corrected chi connectivity index (χ3v) is 4.22. The van der Waals surface area contributed by atoms with Crippen LogP contribution in [0.5, 0.6) is 0 Å². The van der Waals surface area contributed by atoms with Crippen LogP contribution < -0.4 is 10.6 Å². The first-order chi connectivity index (χ1) is 7.43. The van der Waals surface area contributed by atoms with Gasteiger partial charge in [-0.1, -0.05) is 23.2 Å². The molecule has 88 valence electrons. The Morgan fingerprint density at radius 2 is 2.00 bits per heavy atom. The molecule has 2 rings (SSSR count). The molecule has 0 saturated carbocycles. The van der Waals surface area contributed by atoms with E-state index in [-0.39, 0.29) is 11.6 Å². The van der Waals surface area contributed by atoms with Gasteiger partial charge in [0.15, 0.2) is 0 Å². The van der Waals surface area contributed by atoms with Crippen molar-refractivity contribution in [3.63, 3.8) is 0 Å². The summed E-state index contributed by atoms with van der Waals surface area (Å²) in [4.78, 5) is 2.29. The fourth-order valence-electron chi connectivity index (χ4n) is 2.22. The van der Waals surface area contributed by atoms with Crippen LogP contribution in [0, 0.1) is 0 Å². The summed E-state index contributed by atoms with van der Waals surface area (Å²) in [6.07, 6.45) is 1.01. The van der Waals surface area contributed by atoms with Gasteiger partial charge in [0.1, 0.15) is 0 Å². The molecule has 0 spiro atoms. The molecule has 1 aliphatic rings. The third kappa shape index (κ3) is 1.90. The summed E-state index contributed by atoms with van der Waals surface area (Å²) in [5.41, 5.74) is 7.17. The lowest BCUT2D eigenvalue weighted by atomic mass is 9.96. The fourth-order valence-corrected chi connectivity index (χ4v) is 2.52. The van der Waals surface area contributed by atoms with Gasteiger partial charge in [-0.3, -0.25) is 0 Å². The molecule has 1 atom stereocenters. The maximum atomic E-state index is 6.11. The van der Waals surface area contributed by atoms with Crippen LogP contribution in [0.2, 0.25) is 10.0 Å². The Morgan fingerprint density at radius 1 is 1.31 bits per heavy atom. The van der Waals surface area contributed by atoms with Gasteiger partial charge in [0.05, 0.1) is 10.0 Å². The van der Waals surface area contributed by atoms with E-state index in [4.69, 9.17) is 28.9 Å². The summed E-state index contributed by atoms with van der Waals surface area (Å²) in [6, 6.07) is 5.93. The van der Waals surface area contributed by atoms with Crippen molar-refractivity contribution in [3.05, 3.63) is 28.2 Å². The SMILES string of the molecule is CC1(C)C(N)CCN1c1ccc(Cl)c(Cl)c1. The lowest BCUT2D eigenvalue weighted by Crippen LogP contribution is -2.48. The van der Waals surface area contributed by atoms with Crippen molar-refractivity contribution in [3.8, 4) is 0 Å². The van der Waals surface area contributed by atoms with Crippen LogP contribution in [0.25, 0.3) is 0 Å². The Kier molecular flexibility index (Phi) is 3.08. The molecular formula is C12H16Cl2N2. The Morgan fingerprint density at radius 3 is 2.50 bits per heavy atom. The molecule has 2 nitrogen and oxygen atoms in total. The van der Waals surface area contributed by atoms with Crippen molar-refractivity contribution in [1.29, 1.82) is 0 Å². The lowest BCUT2D eigenvalue weighted by molar-refractivity contribution is 0.453. The molecule has 1 aromatic carbocycles. The Balaban J connectivity index is 2.35. The van der Waals surface area contributed by atoms with Gasteiger partial charge in [-0.2, -0.15) is 0 Å². The van der Waals surface area contributed by atoms with Crippen molar-refractivity contribution in [2.24, 2.45) is 5.73 Å². The second-order valence-electron chi connectivity index (χ2n) is 4.80. The highest BCUT2D eigenvalue weighted by atomic mass is 35.5. The summed E-state index contributed by atoms with van der Waals surface area (Å²) in [6.45, 7) is 5.28. The largest absolute Gasteiger partial charge is 0.365 e. The van der Waals surface area contributed by atoms with E-state index in [1.54, 1.807) is 0 Å². The van der Waals surface area contributed by atoms with Crippen molar-refractivity contribution >= 4 is 28.9 Å². The molecule has 16 heavy (non-hydrogen) atoms. The Bertz CT molecular complexity index is 404. The number of nitrogens with two attached hydrogens (primary N) is 1. The van der Waals surface area contributed by atoms with E-state index >= 15 is 0 Å². The van der Waals surface area contributed by atoms with Gasteiger partial charge < -0.3 is 10.6 Å². The topological polar surface area (TPSA) is 29.3 Å². The van der Waals surface area contributed by atoms with Crippen LogP contribution in [0.15, 0.2) is 18.2 Å². The van der Waals surface area contributed by atoms with Crippen LogP contribution in [-0.2, 0) is 0 Å². The predicted octanol–water partition coefficient (Wildman–Crippen LogP) is 3.31. The summed E-state index contributed by atoms with van der Waals surface area (Å²) < 4.78 is 0. The highest BCUT2D eigenvalue weighted by Crippen LogP contribution is 2.35. The maximum absolute atomic E-state index is 6.11. The standard InChI is InChI=1S/C12H16Cl2N2/c1-12(2)11(15)5-6-16(12)8-3-4-9(13)10(14)7-8/h3-4,7,11H,5-6,15H2,1-2H3. The predicted molar refractivity (Wildman–Crippen MR) is 70.5 cm³/mol. The van der Waals surface area contributed by atoms with E-state index in [0.717, 1.165) is 18.7 Å². The number of rotatable bonds is 1. The van der Waals surface area contributed by atoms with Crippen LogP contribution in [0.1, 0.15) is 20.3 Å². The van der Waals surface area contributed by atoms with E-state index in [9.17, 15) is 0 Å². The maximum Gasteiger partial charge on any atom is 0.0612 e. The normalized spacial score (nSPS) is 23.8. The van der Waals surface area contributed by atoms with Crippen molar-refractivity contribution < 1.29 is 0 Å². The average Bonchev–Trinajstić information content (AvgIpc) is 2.47. The van der Waals surface area contributed by atoms with Gasteiger partial charge in [-0.25, -0.2) is 0 Å². The zero-order chi connectivity index (χ0) is 11.9. The molecule has 0 aromatic heterocycles. The molecule has 1 saturated heterocycles. The summed E-state index contributed by atoms with van der Waals surface area (Å²) >= 11 is 11.9. The minimum absolute atomic E-state index is 0.0306. The van der Waals surface area contributed by atoms with Crippen LogP contribution in [0.4, 0.5) is 5.69 Å². The molecule has 0 aliphatic carbocycles. The van der Waals surface area contributed by atoms with E-state index in [1.165, 1.54) is 0 Å². The van der Waals surface area contributed by atoms with E-state index < -0.39 is 0 Å². The number of benzene rings is 1. The van der Waals surface area contributed by atoms with Gasteiger partial charge in [0.25, 0.3) is 0 Å². The first-order valence-corrected chi connectivity index (χ1v) is 6.17. The lowest BCUT2D eigenvalue weighted by Gasteiger charge is -2.36. The second-order valence-corrected chi connectivity index (χ2v) is 5.61. The van der Waals surface area contributed by atoms with Gasteiger partial charge in [0, 0.05) is 23.8 Å². The summed E-state index contributed by atoms with van der Waals surface area (Å²) in [5.74, 6) is 0. The summed E-state index contributed by atoms with van der Waals surface area (Å²) in [5, 5.41) is 1.18. The number of hydrogen-bond donors (Lipinski definition) is 1. The molecule has 1 aromatic rings. The smallest absolute Gasteiger partial charge is 0.0612 e. The average molecular weight is 259 g/mol. The first-order valence-electron chi connectivity index (χ1n) is 5.41. The van der Waals surface area contributed by atoms with Crippen LogP contribution in [0.3, 0.4) is 0 Å². The summed E-state index contributed by atoms with van der Waals surface area (Å²) in [7, 11) is 0. The molecule has 1 heterocycles. The Hall–Kier alpha value is -0.440. The van der Waals surface area contributed by atoms with E-state index in [2.05, 4.69) is 18.7 Å². The first kappa shape index (κ1) is 12.0. The van der Waals surface area contributed by atoms with Crippen LogP contribution in [-0.4, -0.2) is 18.1 Å². The van der Waals surface area contributed by atoms with Gasteiger partial charge >= 0.3 is 0 Å². The molecule has 2 N–H and O–H groups in total. The highest BCUT2D eigenvalue weighted by molar-refractivity contribution is 6.42. The molecule has 1 fully saturated rings. The van der Waals surface area contributed by atoms with E-state index in [0.29, 0.717) is 10.0 Å².